The summed E-state index contributed by atoms with van der Waals surface area (Å²) < 4.78 is 6.21. The Labute approximate surface area is 245 Å². The molecule has 1 heterocycles. The lowest BCUT2D eigenvalue weighted by Crippen LogP contribution is -2.58. The number of carbonyl (C=O) groups is 3. The Morgan fingerprint density at radius 1 is 0.619 bits per heavy atom. The molecule has 1 aliphatic rings. The van der Waals surface area contributed by atoms with Crippen LogP contribution in [0.2, 0.25) is 0 Å². The molecule has 5 aromatic carbocycles. The molecule has 0 bridgehead atoms. The molecule has 6 heteroatoms. The molecule has 0 spiro atoms. The van der Waals surface area contributed by atoms with Gasteiger partial charge < -0.3 is 10.1 Å². The summed E-state index contributed by atoms with van der Waals surface area (Å²) in [4.78, 5) is 42.3. The maximum Gasteiger partial charge on any atom is 0.346 e. The summed E-state index contributed by atoms with van der Waals surface area (Å²) in [6.07, 6.45) is -0.101. The van der Waals surface area contributed by atoms with Crippen LogP contribution in [0.1, 0.15) is 15.9 Å². The summed E-state index contributed by atoms with van der Waals surface area (Å²) in [5, 5.41) is 5.84. The van der Waals surface area contributed by atoms with Crippen LogP contribution in [0.15, 0.2) is 146 Å². The predicted molar refractivity (Wildman–Crippen MR) is 168 cm³/mol. The summed E-state index contributed by atoms with van der Waals surface area (Å²) in [5.41, 5.74) is -0.613. The summed E-state index contributed by atoms with van der Waals surface area (Å²) >= 11 is 0. The first kappa shape index (κ1) is 27.3. The molecule has 0 saturated carbocycles. The minimum absolute atomic E-state index is 0.0240. The Morgan fingerprint density at radius 3 is 1.60 bits per heavy atom. The van der Waals surface area contributed by atoms with Gasteiger partial charge in [-0.1, -0.05) is 97.1 Å². The SMILES string of the molecule is O=C(C[P+](c1ccccc1)(c1ccccc1)c1ccccc1)OC1(Cc2ccccc2)C(=O)Nc2ccccc2C1=O. The highest BCUT2D eigenvalue weighted by atomic mass is 31.2. The van der Waals surface area contributed by atoms with Gasteiger partial charge in [-0.25, -0.2) is 4.79 Å². The maximum atomic E-state index is 14.3. The van der Waals surface area contributed by atoms with Crippen molar-refractivity contribution in [3.05, 3.63) is 157 Å². The van der Waals surface area contributed by atoms with E-state index in [2.05, 4.69) is 5.32 Å². The first-order chi connectivity index (χ1) is 20.5. The number of amides is 1. The van der Waals surface area contributed by atoms with E-state index in [0.29, 0.717) is 16.8 Å². The van der Waals surface area contributed by atoms with Gasteiger partial charge in [0.2, 0.25) is 5.78 Å². The number of ketones is 1. The van der Waals surface area contributed by atoms with Gasteiger partial charge in [0.1, 0.15) is 23.2 Å². The first-order valence-corrected chi connectivity index (χ1v) is 15.8. The highest BCUT2D eigenvalue weighted by Crippen LogP contribution is 2.55. The van der Waals surface area contributed by atoms with Crippen molar-refractivity contribution < 1.29 is 19.1 Å². The third-order valence-corrected chi connectivity index (χ3v) is 12.0. The smallest absolute Gasteiger partial charge is 0.346 e. The van der Waals surface area contributed by atoms with Crippen LogP contribution in [0, 0.1) is 0 Å². The van der Waals surface area contributed by atoms with Crippen molar-refractivity contribution in [2.45, 2.75) is 12.0 Å². The molecule has 5 aromatic rings. The van der Waals surface area contributed by atoms with Crippen molar-refractivity contribution in [1.29, 1.82) is 0 Å². The largest absolute Gasteiger partial charge is 0.437 e. The van der Waals surface area contributed by atoms with Crippen molar-refractivity contribution in [3.8, 4) is 0 Å². The standard InChI is InChI=1S/C36H28NO4P/c38-33(26-42(28-17-7-2-8-18-28,29-19-9-3-10-20-29)30-21-11-4-12-22-30)41-36(25-27-15-5-1-6-16-27)34(39)31-23-13-14-24-32(31)37-35(36)40/h1-24H,25-26H2/p+1. The van der Waals surface area contributed by atoms with Crippen LogP contribution < -0.4 is 21.2 Å². The maximum absolute atomic E-state index is 14.3. The third kappa shape index (κ3) is 4.93. The monoisotopic (exact) mass is 570 g/mol. The Morgan fingerprint density at radius 2 is 1.07 bits per heavy atom. The first-order valence-electron chi connectivity index (χ1n) is 13.8. The summed E-state index contributed by atoms with van der Waals surface area (Å²) in [5.74, 6) is -1.78. The topological polar surface area (TPSA) is 72.5 Å². The Bertz CT molecular complexity index is 1630. The molecule has 1 aliphatic heterocycles. The van der Waals surface area contributed by atoms with Crippen LogP contribution in [0.25, 0.3) is 0 Å². The van der Waals surface area contributed by atoms with E-state index in [1.165, 1.54) is 0 Å². The second-order valence-corrected chi connectivity index (χ2v) is 13.8. The number of fused-ring (bicyclic) bond motifs is 1. The molecule has 0 aliphatic carbocycles. The number of anilines is 1. The summed E-state index contributed by atoms with van der Waals surface area (Å²) in [7, 11) is -2.61. The lowest BCUT2D eigenvalue weighted by molar-refractivity contribution is -0.159. The molecule has 0 aromatic heterocycles. The van der Waals surface area contributed by atoms with E-state index in [-0.39, 0.29) is 12.6 Å². The highest BCUT2D eigenvalue weighted by molar-refractivity contribution is 7.96. The average Bonchev–Trinajstić information content (AvgIpc) is 3.04. The number of hydrogen-bond acceptors (Lipinski definition) is 4. The van der Waals surface area contributed by atoms with E-state index in [4.69, 9.17) is 4.74 Å². The van der Waals surface area contributed by atoms with E-state index in [1.54, 1.807) is 24.3 Å². The zero-order valence-corrected chi connectivity index (χ0v) is 23.7. The van der Waals surface area contributed by atoms with Crippen LogP contribution in [-0.4, -0.2) is 29.4 Å². The number of rotatable bonds is 8. The van der Waals surface area contributed by atoms with Crippen LogP contribution in [0.5, 0.6) is 0 Å². The van der Waals surface area contributed by atoms with Crippen LogP contribution in [0.3, 0.4) is 0 Å². The third-order valence-electron chi connectivity index (χ3n) is 7.69. The van der Waals surface area contributed by atoms with Gasteiger partial charge in [0, 0.05) is 12.0 Å². The molecule has 6 rings (SSSR count). The number of hydrogen-bond donors (Lipinski definition) is 1. The molecule has 1 unspecified atom stereocenters. The molecule has 1 atom stereocenters. The van der Waals surface area contributed by atoms with E-state index in [0.717, 1.165) is 15.9 Å². The second kappa shape index (κ2) is 11.6. The molecule has 1 N–H and O–H groups in total. The lowest BCUT2D eigenvalue weighted by atomic mass is 9.82. The zero-order valence-electron chi connectivity index (χ0n) is 22.9. The predicted octanol–water partition coefficient (Wildman–Crippen LogP) is 5.34. The highest BCUT2D eigenvalue weighted by Gasteiger charge is 2.56. The minimum Gasteiger partial charge on any atom is -0.437 e. The van der Waals surface area contributed by atoms with Crippen molar-refractivity contribution in [3.63, 3.8) is 0 Å². The number of esters is 1. The Kier molecular flexibility index (Phi) is 7.52. The fraction of sp³-hybridized carbons (Fsp3) is 0.0833. The molecule has 42 heavy (non-hydrogen) atoms. The molecule has 0 radical (unpaired) electrons. The number of benzene rings is 5. The van der Waals surface area contributed by atoms with Crippen molar-refractivity contribution in [2.75, 3.05) is 11.5 Å². The van der Waals surface area contributed by atoms with Gasteiger partial charge in [0.15, 0.2) is 6.16 Å². The van der Waals surface area contributed by atoms with Gasteiger partial charge in [0.25, 0.3) is 11.5 Å². The van der Waals surface area contributed by atoms with Crippen molar-refractivity contribution in [1.82, 2.24) is 0 Å². The average molecular weight is 571 g/mol. The lowest BCUT2D eigenvalue weighted by Gasteiger charge is -2.35. The van der Waals surface area contributed by atoms with E-state index in [1.807, 2.05) is 121 Å². The summed E-state index contributed by atoms with van der Waals surface area (Å²) in [6, 6.07) is 45.9. The fourth-order valence-electron chi connectivity index (χ4n) is 5.70. The molecule has 206 valence electrons. The zero-order chi connectivity index (χ0) is 29.0. The van der Waals surface area contributed by atoms with Gasteiger partial charge in [0.05, 0.1) is 5.69 Å². The number of para-hydroxylation sites is 1. The Hall–Kier alpha value is -4.86. The number of Topliss-reactive ketones (excluding diaryl/α,β-unsaturated/α-hetero) is 1. The van der Waals surface area contributed by atoms with Crippen LogP contribution >= 0.6 is 7.26 Å². The van der Waals surface area contributed by atoms with Gasteiger partial charge in [-0.05, 0) is 54.1 Å². The molecule has 1 amide bonds. The van der Waals surface area contributed by atoms with Crippen molar-refractivity contribution >= 4 is 46.5 Å². The van der Waals surface area contributed by atoms with E-state index < -0.39 is 30.5 Å². The number of ether oxygens (including phenoxy) is 1. The Balaban J connectivity index is 1.47. The second-order valence-electron chi connectivity index (χ2n) is 10.3. The molecular weight excluding hydrogens is 541 g/mol. The quantitative estimate of drug-likeness (QED) is 0.155. The van der Waals surface area contributed by atoms with E-state index in [9.17, 15) is 14.4 Å². The molecular formula is C36H29NO4P+. The molecule has 0 saturated heterocycles. The van der Waals surface area contributed by atoms with Gasteiger partial charge in [-0.2, -0.15) is 0 Å². The minimum atomic E-state index is -2.61. The van der Waals surface area contributed by atoms with Crippen LogP contribution in [-0.2, 0) is 20.7 Å². The van der Waals surface area contributed by atoms with Crippen molar-refractivity contribution in [2.24, 2.45) is 0 Å². The molecule has 5 nitrogen and oxygen atoms in total. The van der Waals surface area contributed by atoms with Gasteiger partial charge in [-0.3, -0.25) is 9.59 Å². The summed E-state index contributed by atoms with van der Waals surface area (Å²) in [6.45, 7) is 0. The van der Waals surface area contributed by atoms with Gasteiger partial charge >= 0.3 is 5.97 Å². The molecule has 0 fully saturated rings. The number of nitrogens with one attached hydrogen (secondary N) is 1. The fourth-order valence-corrected chi connectivity index (χ4v) is 9.63. The van der Waals surface area contributed by atoms with E-state index >= 15 is 0 Å². The van der Waals surface area contributed by atoms with Gasteiger partial charge in [-0.15, -0.1) is 0 Å². The number of carbonyl (C=O) groups excluding carboxylic acids is 3. The van der Waals surface area contributed by atoms with Crippen LogP contribution in [0.4, 0.5) is 5.69 Å². The normalized spacial score (nSPS) is 16.3.